The van der Waals surface area contributed by atoms with E-state index < -0.39 is 0 Å². The topological polar surface area (TPSA) is 0 Å². The molecule has 0 fully saturated rings. The maximum Gasteiger partial charge on any atom is 0.0571 e. The number of rotatable bonds is 0. The van der Waals surface area contributed by atoms with Crippen molar-refractivity contribution in [2.75, 3.05) is 0 Å². The molecule has 0 saturated heterocycles. The minimum Gasteiger partial charge on any atom is -0.0895 e. The van der Waals surface area contributed by atoms with Crippen molar-refractivity contribution in [3.8, 4) is 0 Å². The van der Waals surface area contributed by atoms with Gasteiger partial charge in [0.2, 0.25) is 0 Å². The quantitative estimate of drug-likeness (QED) is 0.437. The highest BCUT2D eigenvalue weighted by Gasteiger charge is 2.14. The number of fused-ring (bicyclic) bond motifs is 2. The van der Waals surface area contributed by atoms with Crippen LogP contribution >= 0.6 is 47.0 Å². The maximum absolute atomic E-state index is 2.27. The number of hydrogen-bond donors (Lipinski definition) is 0. The van der Waals surface area contributed by atoms with Crippen molar-refractivity contribution < 1.29 is 0 Å². The van der Waals surface area contributed by atoms with Crippen LogP contribution in [-0.2, 0) is 0 Å². The second kappa shape index (κ2) is 6.26. The summed E-state index contributed by atoms with van der Waals surface area (Å²) in [5.41, 5.74) is 0. The van der Waals surface area contributed by atoms with Crippen LogP contribution < -0.4 is 10.4 Å². The van der Waals surface area contributed by atoms with Crippen molar-refractivity contribution in [2.45, 2.75) is 0 Å². The summed E-state index contributed by atoms with van der Waals surface area (Å²) in [4.78, 5) is 0. The molecule has 0 aromatic heterocycles. The average molecular weight is 381 g/mol. The fraction of sp³-hybridized carbons (Fsp3) is 0. The van der Waals surface area contributed by atoms with Crippen molar-refractivity contribution in [1.82, 2.24) is 0 Å². The van der Waals surface area contributed by atoms with Gasteiger partial charge in [0.05, 0.1) is 8.47 Å². The highest BCUT2D eigenvalue weighted by Crippen LogP contribution is 2.40. The number of hydrogen-bond acceptors (Lipinski definition) is 4. The van der Waals surface area contributed by atoms with Crippen LogP contribution in [0, 0.1) is 0 Å². The zero-order chi connectivity index (χ0) is 15.9. The first-order valence-electron chi connectivity index (χ1n) is 7.58. The molecule has 0 aliphatic carbocycles. The van der Waals surface area contributed by atoms with Gasteiger partial charge in [-0.15, -0.1) is 0 Å². The predicted molar refractivity (Wildman–Crippen MR) is 116 cm³/mol. The molecule has 3 aromatic carbocycles. The molecular weight excluding hydrogens is 368 g/mol. The Kier molecular flexibility index (Phi) is 3.94. The summed E-state index contributed by atoms with van der Waals surface area (Å²) in [6.07, 6.45) is 0. The van der Waals surface area contributed by atoms with Gasteiger partial charge in [-0.1, -0.05) is 95.6 Å². The molecule has 0 bridgehead atoms. The van der Waals surface area contributed by atoms with E-state index in [2.05, 4.69) is 70.2 Å². The maximum atomic E-state index is 2.27. The lowest BCUT2D eigenvalue weighted by molar-refractivity contribution is 1.69. The van der Waals surface area contributed by atoms with Gasteiger partial charge in [-0.25, -0.2) is 0 Å². The van der Waals surface area contributed by atoms with Gasteiger partial charge in [-0.05, 0) is 43.2 Å². The Morgan fingerprint density at radius 3 is 1.00 bits per heavy atom. The molecule has 0 radical (unpaired) electrons. The van der Waals surface area contributed by atoms with Crippen molar-refractivity contribution in [2.24, 2.45) is 0 Å². The summed E-state index contributed by atoms with van der Waals surface area (Å²) in [6.45, 7) is 0. The fourth-order valence-corrected chi connectivity index (χ4v) is 7.06. The van der Waals surface area contributed by atoms with Crippen molar-refractivity contribution in [3.63, 3.8) is 0 Å². The highest BCUT2D eigenvalue weighted by molar-refractivity contribution is 8.35. The summed E-state index contributed by atoms with van der Waals surface area (Å²) < 4.78 is 2.76. The molecule has 0 nitrogen and oxygen atoms in total. The normalized spacial score (nSPS) is 16.8. The standard InChI is InChI=1S/C20H12S4/c1-2-6-14-13(5-1)17(19-21-9-10-22-19)15-7-3-4-8-16(15)18(14)20-23-11-12-24-20/h1-12H. The van der Waals surface area contributed by atoms with Gasteiger partial charge < -0.3 is 0 Å². The molecule has 0 saturated carbocycles. The minimum atomic E-state index is 1.35. The third kappa shape index (κ3) is 2.36. The monoisotopic (exact) mass is 380 g/mol. The smallest absolute Gasteiger partial charge is 0.0571 e. The molecule has 2 heterocycles. The molecule has 0 amide bonds. The summed E-state index contributed by atoms with van der Waals surface area (Å²) in [5, 5.41) is 16.9. The van der Waals surface area contributed by atoms with Gasteiger partial charge in [-0.3, -0.25) is 0 Å². The summed E-state index contributed by atoms with van der Waals surface area (Å²) in [6, 6.07) is 17.7. The van der Waals surface area contributed by atoms with E-state index in [1.807, 2.05) is 47.0 Å². The van der Waals surface area contributed by atoms with Gasteiger partial charge in [0.15, 0.2) is 0 Å². The second-order valence-corrected chi connectivity index (χ2v) is 9.61. The van der Waals surface area contributed by atoms with Crippen LogP contribution in [0.4, 0.5) is 0 Å². The van der Waals surface area contributed by atoms with Crippen LogP contribution in [0.2, 0.25) is 0 Å². The van der Waals surface area contributed by atoms with E-state index in [9.17, 15) is 0 Å². The number of benzene rings is 3. The molecular formula is C20H12S4. The lowest BCUT2D eigenvalue weighted by atomic mass is 9.99. The first-order valence-corrected chi connectivity index (χ1v) is 11.1. The molecule has 0 N–H and O–H groups in total. The van der Waals surface area contributed by atoms with Crippen molar-refractivity contribution >= 4 is 77.1 Å². The summed E-state index contributed by atoms with van der Waals surface area (Å²) in [5.74, 6) is 0. The Morgan fingerprint density at radius 1 is 0.417 bits per heavy atom. The lowest BCUT2D eigenvalue weighted by Gasteiger charge is -2.10. The lowest BCUT2D eigenvalue weighted by Crippen LogP contribution is -2.16. The van der Waals surface area contributed by atoms with Crippen LogP contribution in [-0.4, -0.2) is 0 Å². The molecule has 0 unspecified atom stereocenters. The van der Waals surface area contributed by atoms with Gasteiger partial charge in [0.1, 0.15) is 0 Å². The van der Waals surface area contributed by atoms with E-state index in [1.165, 1.54) is 40.5 Å². The molecule has 3 aromatic rings. The summed E-state index contributed by atoms with van der Waals surface area (Å²) >= 11 is 7.33. The van der Waals surface area contributed by atoms with Gasteiger partial charge in [-0.2, -0.15) is 0 Å². The van der Waals surface area contributed by atoms with Crippen molar-refractivity contribution in [1.29, 1.82) is 0 Å². The highest BCUT2D eigenvalue weighted by atomic mass is 32.2. The Hall–Kier alpha value is -1.20. The van der Waals surface area contributed by atoms with E-state index >= 15 is 0 Å². The zero-order valence-electron chi connectivity index (χ0n) is 12.6. The molecule has 116 valence electrons. The molecule has 4 heteroatoms. The van der Waals surface area contributed by atoms with Crippen LogP contribution in [0.3, 0.4) is 0 Å². The van der Waals surface area contributed by atoms with Crippen LogP contribution in [0.25, 0.3) is 30.0 Å². The SMILES string of the molecule is C1=CSC(=c2c3ccccc3c(=C3SC=CS3)c3ccccc23)S1. The first kappa shape index (κ1) is 15.1. The summed E-state index contributed by atoms with van der Waals surface area (Å²) in [7, 11) is 0. The minimum absolute atomic E-state index is 1.35. The predicted octanol–water partition coefficient (Wildman–Crippen LogP) is 6.03. The molecule has 24 heavy (non-hydrogen) atoms. The average Bonchev–Trinajstić information content (AvgIpc) is 3.33. The van der Waals surface area contributed by atoms with Crippen LogP contribution in [0.15, 0.2) is 70.2 Å². The Balaban J connectivity index is 2.11. The first-order chi connectivity index (χ1) is 11.9. The molecule has 0 spiro atoms. The van der Waals surface area contributed by atoms with E-state index in [4.69, 9.17) is 0 Å². The molecule has 2 aliphatic heterocycles. The van der Waals surface area contributed by atoms with Gasteiger partial charge >= 0.3 is 0 Å². The van der Waals surface area contributed by atoms with E-state index in [-0.39, 0.29) is 0 Å². The molecule has 5 rings (SSSR count). The molecule has 0 atom stereocenters. The third-order valence-electron chi connectivity index (χ3n) is 4.15. The largest absolute Gasteiger partial charge is 0.0895 e. The second-order valence-electron chi connectivity index (χ2n) is 5.43. The van der Waals surface area contributed by atoms with Crippen LogP contribution in [0.5, 0.6) is 0 Å². The molecule has 2 aliphatic rings. The van der Waals surface area contributed by atoms with E-state index in [1.54, 1.807) is 0 Å². The Morgan fingerprint density at radius 2 is 0.708 bits per heavy atom. The Bertz CT molecular complexity index is 980. The zero-order valence-corrected chi connectivity index (χ0v) is 15.8. The van der Waals surface area contributed by atoms with Crippen LogP contribution in [0.1, 0.15) is 0 Å². The van der Waals surface area contributed by atoms with Crippen molar-refractivity contribution in [3.05, 3.63) is 80.6 Å². The Labute approximate surface area is 157 Å². The third-order valence-corrected chi connectivity index (χ3v) is 8.41. The van der Waals surface area contributed by atoms with Gasteiger partial charge in [0.25, 0.3) is 0 Å². The van der Waals surface area contributed by atoms with Gasteiger partial charge in [0, 0.05) is 10.4 Å². The van der Waals surface area contributed by atoms with E-state index in [0.29, 0.717) is 0 Å². The fourth-order valence-electron chi connectivity index (χ4n) is 3.22. The number of thioether (sulfide) groups is 4. The van der Waals surface area contributed by atoms with E-state index in [0.717, 1.165) is 0 Å².